The van der Waals surface area contributed by atoms with E-state index in [2.05, 4.69) is 4.98 Å². The summed E-state index contributed by atoms with van der Waals surface area (Å²) >= 11 is 0. The van der Waals surface area contributed by atoms with Crippen LogP contribution in [0.25, 0.3) is 5.69 Å². The van der Waals surface area contributed by atoms with Crippen molar-refractivity contribution in [2.45, 2.75) is 0 Å². The van der Waals surface area contributed by atoms with E-state index in [4.69, 9.17) is 9.84 Å². The van der Waals surface area contributed by atoms with Gasteiger partial charge < -0.3 is 14.4 Å². The van der Waals surface area contributed by atoms with Crippen LogP contribution in [0, 0.1) is 0 Å². The van der Waals surface area contributed by atoms with Gasteiger partial charge in [0.2, 0.25) is 0 Å². The minimum absolute atomic E-state index is 0.329. The molecule has 0 bridgehead atoms. The summed E-state index contributed by atoms with van der Waals surface area (Å²) in [6.45, 7) is -0.329. The average molecular weight is 218 g/mol. The first-order chi connectivity index (χ1) is 7.75. The van der Waals surface area contributed by atoms with Crippen molar-refractivity contribution in [1.29, 1.82) is 0 Å². The first kappa shape index (κ1) is 10.2. The van der Waals surface area contributed by atoms with Crippen LogP contribution in [0.15, 0.2) is 43.0 Å². The van der Waals surface area contributed by atoms with Crippen LogP contribution in [0.5, 0.6) is 5.75 Å². The summed E-state index contributed by atoms with van der Waals surface area (Å²) in [5.74, 6) is -0.454. The molecular formula is C11H10N2O3. The van der Waals surface area contributed by atoms with Gasteiger partial charge in [-0.3, -0.25) is 0 Å². The number of imidazole rings is 1. The molecule has 2 aromatic rings. The molecule has 0 saturated carbocycles. The molecule has 0 aliphatic rings. The molecule has 82 valence electrons. The van der Waals surface area contributed by atoms with Gasteiger partial charge in [-0.1, -0.05) is 0 Å². The van der Waals surface area contributed by atoms with E-state index in [0.29, 0.717) is 5.75 Å². The summed E-state index contributed by atoms with van der Waals surface area (Å²) in [6, 6.07) is 7.11. The molecule has 16 heavy (non-hydrogen) atoms. The molecule has 0 atom stereocenters. The Morgan fingerprint density at radius 1 is 1.38 bits per heavy atom. The number of nitrogens with zero attached hydrogens (tertiary/aromatic N) is 2. The second-order valence-corrected chi connectivity index (χ2v) is 3.15. The number of hydrogen-bond donors (Lipinski definition) is 1. The number of aliphatic carboxylic acids is 1. The summed E-state index contributed by atoms with van der Waals surface area (Å²) in [4.78, 5) is 14.2. The highest BCUT2D eigenvalue weighted by atomic mass is 16.5. The maximum Gasteiger partial charge on any atom is 0.341 e. The Bertz CT molecular complexity index is 462. The lowest BCUT2D eigenvalue weighted by atomic mass is 10.3. The van der Waals surface area contributed by atoms with Gasteiger partial charge in [-0.15, -0.1) is 0 Å². The Hall–Kier alpha value is -2.30. The number of carboxylic acid groups (broad SMARTS) is 1. The lowest BCUT2D eigenvalue weighted by Crippen LogP contribution is -2.09. The predicted octanol–water partition coefficient (Wildman–Crippen LogP) is 1.34. The van der Waals surface area contributed by atoms with Gasteiger partial charge in [-0.05, 0) is 24.3 Å². The fourth-order valence-corrected chi connectivity index (χ4v) is 1.27. The van der Waals surface area contributed by atoms with Gasteiger partial charge >= 0.3 is 5.97 Å². The Kier molecular flexibility index (Phi) is 2.86. The topological polar surface area (TPSA) is 64.3 Å². The largest absolute Gasteiger partial charge is 0.482 e. The molecule has 0 spiro atoms. The first-order valence-corrected chi connectivity index (χ1v) is 4.69. The second kappa shape index (κ2) is 4.48. The summed E-state index contributed by atoms with van der Waals surface area (Å²) < 4.78 is 6.86. The smallest absolute Gasteiger partial charge is 0.341 e. The van der Waals surface area contributed by atoms with E-state index in [-0.39, 0.29) is 6.61 Å². The van der Waals surface area contributed by atoms with Crippen LogP contribution in [-0.2, 0) is 4.79 Å². The Morgan fingerprint density at radius 3 is 2.69 bits per heavy atom. The first-order valence-electron chi connectivity index (χ1n) is 4.69. The molecule has 2 rings (SSSR count). The number of aromatic nitrogens is 2. The summed E-state index contributed by atoms with van der Waals surface area (Å²) in [7, 11) is 0. The molecule has 1 N–H and O–H groups in total. The van der Waals surface area contributed by atoms with E-state index in [1.165, 1.54) is 0 Å². The predicted molar refractivity (Wildman–Crippen MR) is 56.7 cm³/mol. The molecule has 0 aliphatic carbocycles. The van der Waals surface area contributed by atoms with Crippen molar-refractivity contribution in [2.24, 2.45) is 0 Å². The van der Waals surface area contributed by atoms with Crippen molar-refractivity contribution >= 4 is 5.97 Å². The fourth-order valence-electron chi connectivity index (χ4n) is 1.27. The molecule has 0 amide bonds. The van der Waals surface area contributed by atoms with E-state index in [9.17, 15) is 4.79 Å². The van der Waals surface area contributed by atoms with Gasteiger partial charge in [0.05, 0.1) is 6.33 Å². The van der Waals surface area contributed by atoms with Crippen molar-refractivity contribution < 1.29 is 14.6 Å². The van der Waals surface area contributed by atoms with Gasteiger partial charge in [-0.2, -0.15) is 0 Å². The van der Waals surface area contributed by atoms with Crippen LogP contribution >= 0.6 is 0 Å². The highest BCUT2D eigenvalue weighted by molar-refractivity contribution is 5.68. The van der Waals surface area contributed by atoms with Crippen molar-refractivity contribution in [3.05, 3.63) is 43.0 Å². The number of rotatable bonds is 4. The zero-order valence-corrected chi connectivity index (χ0v) is 8.41. The van der Waals surface area contributed by atoms with E-state index >= 15 is 0 Å². The molecule has 0 fully saturated rings. The van der Waals surface area contributed by atoms with E-state index in [1.807, 2.05) is 22.9 Å². The van der Waals surface area contributed by atoms with Crippen LogP contribution in [0.1, 0.15) is 0 Å². The zero-order chi connectivity index (χ0) is 11.4. The Morgan fingerprint density at radius 2 is 2.12 bits per heavy atom. The molecule has 1 heterocycles. The number of carbonyl (C=O) groups is 1. The highest BCUT2D eigenvalue weighted by Crippen LogP contribution is 2.14. The van der Waals surface area contributed by atoms with Crippen LogP contribution in [0.3, 0.4) is 0 Å². The minimum Gasteiger partial charge on any atom is -0.482 e. The van der Waals surface area contributed by atoms with Crippen LogP contribution in [-0.4, -0.2) is 27.2 Å². The maximum atomic E-state index is 10.3. The second-order valence-electron chi connectivity index (χ2n) is 3.15. The third-order valence-electron chi connectivity index (χ3n) is 2.00. The van der Waals surface area contributed by atoms with Gasteiger partial charge in [-0.25, -0.2) is 9.78 Å². The number of carboxylic acids is 1. The van der Waals surface area contributed by atoms with E-state index in [0.717, 1.165) is 5.69 Å². The molecule has 0 aliphatic heterocycles. The molecule has 1 aromatic heterocycles. The van der Waals surface area contributed by atoms with Crippen molar-refractivity contribution in [1.82, 2.24) is 9.55 Å². The quantitative estimate of drug-likeness (QED) is 0.840. The number of hydrogen-bond acceptors (Lipinski definition) is 3. The SMILES string of the molecule is O=C(O)COc1ccc(-n2ccnc2)cc1. The third kappa shape index (κ3) is 2.38. The molecule has 0 radical (unpaired) electrons. The molecule has 0 unspecified atom stereocenters. The highest BCUT2D eigenvalue weighted by Gasteiger charge is 2.00. The van der Waals surface area contributed by atoms with Gasteiger partial charge in [0.25, 0.3) is 0 Å². The Balaban J connectivity index is 2.08. The van der Waals surface area contributed by atoms with Crippen molar-refractivity contribution in [3.63, 3.8) is 0 Å². The molecule has 0 saturated heterocycles. The van der Waals surface area contributed by atoms with Gasteiger partial charge in [0.15, 0.2) is 6.61 Å². The van der Waals surface area contributed by atoms with E-state index < -0.39 is 5.97 Å². The molecule has 5 nitrogen and oxygen atoms in total. The summed E-state index contributed by atoms with van der Waals surface area (Å²) in [6.07, 6.45) is 5.20. The van der Waals surface area contributed by atoms with Crippen molar-refractivity contribution in [3.8, 4) is 11.4 Å². The summed E-state index contributed by atoms with van der Waals surface area (Å²) in [5, 5.41) is 8.44. The van der Waals surface area contributed by atoms with Crippen LogP contribution < -0.4 is 4.74 Å². The number of benzene rings is 1. The third-order valence-corrected chi connectivity index (χ3v) is 2.00. The number of ether oxygens (including phenoxy) is 1. The molecular weight excluding hydrogens is 208 g/mol. The Labute approximate surface area is 91.9 Å². The van der Waals surface area contributed by atoms with Crippen LogP contribution in [0.4, 0.5) is 0 Å². The van der Waals surface area contributed by atoms with Crippen molar-refractivity contribution in [2.75, 3.05) is 6.61 Å². The monoisotopic (exact) mass is 218 g/mol. The molecule has 1 aromatic carbocycles. The standard InChI is InChI=1S/C11H10N2O3/c14-11(15)7-16-10-3-1-9(2-4-10)13-6-5-12-8-13/h1-6,8H,7H2,(H,14,15). The zero-order valence-electron chi connectivity index (χ0n) is 8.41. The lowest BCUT2D eigenvalue weighted by molar-refractivity contribution is -0.139. The average Bonchev–Trinajstić information content (AvgIpc) is 2.80. The van der Waals surface area contributed by atoms with Crippen LogP contribution in [0.2, 0.25) is 0 Å². The summed E-state index contributed by atoms with van der Waals surface area (Å²) in [5.41, 5.74) is 0.945. The normalized spacial score (nSPS) is 10.0. The maximum absolute atomic E-state index is 10.3. The van der Waals surface area contributed by atoms with Gasteiger partial charge in [0, 0.05) is 18.1 Å². The fraction of sp³-hybridized carbons (Fsp3) is 0.0909. The molecule has 5 heteroatoms. The van der Waals surface area contributed by atoms with E-state index in [1.54, 1.807) is 24.7 Å². The van der Waals surface area contributed by atoms with Gasteiger partial charge in [0.1, 0.15) is 5.75 Å². The lowest BCUT2D eigenvalue weighted by Gasteiger charge is -2.05. The minimum atomic E-state index is -0.987.